The second-order valence-corrected chi connectivity index (χ2v) is 9.23. The Morgan fingerprint density at radius 2 is 2.00 bits per heavy atom. The summed E-state index contributed by atoms with van der Waals surface area (Å²) in [6.07, 6.45) is 1.03. The lowest BCUT2D eigenvalue weighted by Gasteiger charge is -2.44. The van der Waals surface area contributed by atoms with Crippen LogP contribution < -0.4 is 10.9 Å². The quantitative estimate of drug-likeness (QED) is 0.599. The second-order valence-electron chi connectivity index (χ2n) is 9.23. The number of hydrogen-bond acceptors (Lipinski definition) is 5. The van der Waals surface area contributed by atoms with E-state index >= 15 is 0 Å². The lowest BCUT2D eigenvalue weighted by atomic mass is 9.82. The van der Waals surface area contributed by atoms with Gasteiger partial charge in [0.2, 0.25) is 5.91 Å². The summed E-state index contributed by atoms with van der Waals surface area (Å²) >= 11 is 0. The average molecular weight is 449 g/mol. The predicted molar refractivity (Wildman–Crippen MR) is 126 cm³/mol. The number of anilines is 1. The summed E-state index contributed by atoms with van der Waals surface area (Å²) in [5.74, 6) is -0.148. The monoisotopic (exact) mass is 448 g/mol. The van der Waals surface area contributed by atoms with Gasteiger partial charge in [-0.1, -0.05) is 17.7 Å². The highest BCUT2D eigenvalue weighted by atomic mass is 16.5. The van der Waals surface area contributed by atoms with Crippen molar-refractivity contribution in [2.45, 2.75) is 38.8 Å². The summed E-state index contributed by atoms with van der Waals surface area (Å²) in [7, 11) is 1.32. The summed E-state index contributed by atoms with van der Waals surface area (Å²) in [5, 5.41) is 3.78. The van der Waals surface area contributed by atoms with Crippen LogP contribution in [0.25, 0.3) is 10.9 Å². The van der Waals surface area contributed by atoms with Crippen molar-refractivity contribution in [3.8, 4) is 0 Å². The Morgan fingerprint density at radius 1 is 1.18 bits per heavy atom. The Bertz CT molecular complexity index is 1310. The first kappa shape index (κ1) is 21.5. The summed E-state index contributed by atoms with van der Waals surface area (Å²) < 4.78 is 6.82. The molecule has 0 aliphatic carbocycles. The number of piperidine rings is 1. The molecule has 2 bridgehead atoms. The first-order chi connectivity index (χ1) is 15.9. The summed E-state index contributed by atoms with van der Waals surface area (Å²) in [6.45, 7) is 6.01. The maximum atomic E-state index is 13.3. The number of carbonyl (C=O) groups is 2. The Kier molecular flexibility index (Phi) is 5.32. The highest BCUT2D eigenvalue weighted by Gasteiger charge is 2.37. The molecular weight excluding hydrogens is 420 g/mol. The number of methoxy groups -OCH3 is 1. The van der Waals surface area contributed by atoms with Crippen LogP contribution >= 0.6 is 0 Å². The maximum absolute atomic E-state index is 13.3. The molecule has 1 amide bonds. The molecule has 0 radical (unpaired) electrons. The van der Waals surface area contributed by atoms with Crippen LogP contribution in [0.5, 0.6) is 0 Å². The zero-order valence-electron chi connectivity index (χ0n) is 19.1. The third-order valence-electron chi connectivity index (χ3n) is 7.03. The number of fused-ring (bicyclic) bond motifs is 5. The highest BCUT2D eigenvalue weighted by molar-refractivity contribution is 6.11. The molecule has 2 aliphatic rings. The second kappa shape index (κ2) is 8.19. The van der Waals surface area contributed by atoms with E-state index in [2.05, 4.69) is 15.2 Å². The zero-order valence-corrected chi connectivity index (χ0v) is 19.1. The maximum Gasteiger partial charge on any atom is 0.356 e. The molecule has 33 heavy (non-hydrogen) atoms. The molecule has 1 aromatic carbocycles. The van der Waals surface area contributed by atoms with E-state index in [9.17, 15) is 14.4 Å². The average Bonchev–Trinajstić information content (AvgIpc) is 3.16. The van der Waals surface area contributed by atoms with Crippen molar-refractivity contribution in [1.82, 2.24) is 14.5 Å². The van der Waals surface area contributed by atoms with Crippen LogP contribution in [0, 0.1) is 12.8 Å². The van der Waals surface area contributed by atoms with E-state index in [1.165, 1.54) is 7.11 Å². The van der Waals surface area contributed by atoms with Gasteiger partial charge in [0, 0.05) is 48.2 Å². The van der Waals surface area contributed by atoms with Gasteiger partial charge in [-0.2, -0.15) is 0 Å². The molecule has 172 valence electrons. The van der Waals surface area contributed by atoms with Crippen LogP contribution in [0.4, 0.5) is 5.69 Å². The van der Waals surface area contributed by atoms with Gasteiger partial charge in [-0.05, 0) is 44.4 Å². The van der Waals surface area contributed by atoms with Crippen molar-refractivity contribution >= 4 is 28.5 Å². The molecular formula is C25H28N4O4. The minimum Gasteiger partial charge on any atom is -0.464 e. The Hall–Kier alpha value is -3.39. The molecule has 2 N–H and O–H groups in total. The number of aromatic nitrogens is 2. The number of nitrogens with zero attached hydrogens (tertiary/aromatic N) is 2. The molecule has 4 heterocycles. The number of esters is 1. The van der Waals surface area contributed by atoms with Crippen molar-refractivity contribution in [2.75, 3.05) is 25.5 Å². The van der Waals surface area contributed by atoms with Gasteiger partial charge in [-0.15, -0.1) is 0 Å². The van der Waals surface area contributed by atoms with E-state index in [0.29, 0.717) is 24.7 Å². The van der Waals surface area contributed by atoms with E-state index in [1.807, 2.05) is 48.7 Å². The van der Waals surface area contributed by atoms with E-state index in [4.69, 9.17) is 4.74 Å². The molecule has 2 aromatic heterocycles. The summed E-state index contributed by atoms with van der Waals surface area (Å²) in [6, 6.07) is 10.8. The first-order valence-electron chi connectivity index (χ1n) is 11.3. The molecule has 3 unspecified atom stereocenters. The number of ether oxygens (including phenoxy) is 1. The number of aromatic amines is 1. The van der Waals surface area contributed by atoms with Gasteiger partial charge < -0.3 is 19.6 Å². The molecule has 0 spiro atoms. The van der Waals surface area contributed by atoms with Crippen molar-refractivity contribution in [1.29, 1.82) is 0 Å². The van der Waals surface area contributed by atoms with Gasteiger partial charge >= 0.3 is 5.97 Å². The van der Waals surface area contributed by atoms with Gasteiger partial charge in [-0.25, -0.2) is 4.79 Å². The summed E-state index contributed by atoms with van der Waals surface area (Å²) in [5.41, 5.74) is 3.58. The standard InChI is InChI=1S/C25H28N4O4/c1-14-7-8-19-18(9-14)22(23(26-19)25(32)33-3)27-24(31)15(2)28-11-16-10-17(13-28)20-5-4-6-21(30)29(20)12-16/h4-9,15-17,26H,10-13H2,1-3H3,(H,27,31). The van der Waals surface area contributed by atoms with Crippen molar-refractivity contribution in [3.05, 3.63) is 63.7 Å². The third-order valence-corrected chi connectivity index (χ3v) is 7.03. The molecule has 3 atom stereocenters. The lowest BCUT2D eigenvalue weighted by Crippen LogP contribution is -2.52. The highest BCUT2D eigenvalue weighted by Crippen LogP contribution is 2.36. The van der Waals surface area contributed by atoms with Gasteiger partial charge in [0.1, 0.15) is 5.69 Å². The SMILES string of the molecule is COC(=O)c1[nH]c2ccc(C)cc2c1NC(=O)C(C)N1CC2CC(C1)c1cccc(=O)n1C2. The van der Waals surface area contributed by atoms with E-state index in [-0.39, 0.29) is 23.1 Å². The predicted octanol–water partition coefficient (Wildman–Crippen LogP) is 2.87. The van der Waals surface area contributed by atoms with Gasteiger partial charge in [0.05, 0.1) is 18.8 Å². The number of pyridine rings is 1. The number of likely N-dealkylation sites (tertiary alicyclic amines) is 1. The Balaban J connectivity index is 1.40. The Morgan fingerprint density at radius 3 is 2.79 bits per heavy atom. The molecule has 8 nitrogen and oxygen atoms in total. The van der Waals surface area contributed by atoms with Gasteiger partial charge in [0.15, 0.2) is 0 Å². The number of aryl methyl sites for hydroxylation is 1. The number of nitrogens with one attached hydrogen (secondary N) is 2. The summed E-state index contributed by atoms with van der Waals surface area (Å²) in [4.78, 5) is 43.3. The number of carbonyl (C=O) groups excluding carboxylic acids is 2. The number of benzene rings is 1. The number of amides is 1. The van der Waals surface area contributed by atoms with Crippen LogP contribution in [0.15, 0.2) is 41.2 Å². The van der Waals surface area contributed by atoms with E-state index in [0.717, 1.165) is 35.1 Å². The van der Waals surface area contributed by atoms with Crippen molar-refractivity contribution in [2.24, 2.45) is 5.92 Å². The molecule has 3 aromatic rings. The largest absolute Gasteiger partial charge is 0.464 e. The molecule has 1 saturated heterocycles. The van der Waals surface area contributed by atoms with Crippen LogP contribution in [-0.4, -0.2) is 52.6 Å². The molecule has 8 heteroatoms. The minimum absolute atomic E-state index is 0.0476. The molecule has 5 rings (SSSR count). The molecule has 2 aliphatic heterocycles. The zero-order chi connectivity index (χ0) is 23.3. The lowest BCUT2D eigenvalue weighted by molar-refractivity contribution is -0.121. The van der Waals surface area contributed by atoms with Crippen LogP contribution in [0.1, 0.15) is 41.0 Å². The molecule has 0 saturated carbocycles. The van der Waals surface area contributed by atoms with E-state index in [1.54, 1.807) is 6.07 Å². The normalized spacial score (nSPS) is 20.8. The Labute approximate surface area is 191 Å². The van der Waals surface area contributed by atoms with Crippen molar-refractivity contribution in [3.63, 3.8) is 0 Å². The number of rotatable bonds is 4. The molecule has 1 fully saturated rings. The van der Waals surface area contributed by atoms with Gasteiger partial charge in [-0.3, -0.25) is 14.5 Å². The van der Waals surface area contributed by atoms with Crippen molar-refractivity contribution < 1.29 is 14.3 Å². The fraction of sp³-hybridized carbons (Fsp3) is 0.400. The smallest absolute Gasteiger partial charge is 0.356 e. The fourth-order valence-corrected chi connectivity index (χ4v) is 5.33. The van der Waals surface area contributed by atoms with Crippen LogP contribution in [-0.2, 0) is 16.1 Å². The fourth-order valence-electron chi connectivity index (χ4n) is 5.33. The number of hydrogen-bond donors (Lipinski definition) is 2. The topological polar surface area (TPSA) is 96.4 Å². The van der Waals surface area contributed by atoms with Gasteiger partial charge in [0.25, 0.3) is 5.56 Å². The number of H-pyrrole nitrogens is 1. The third kappa shape index (κ3) is 3.74. The first-order valence-corrected chi connectivity index (χ1v) is 11.3. The van der Waals surface area contributed by atoms with Crippen LogP contribution in [0.2, 0.25) is 0 Å². The van der Waals surface area contributed by atoms with Crippen LogP contribution in [0.3, 0.4) is 0 Å². The minimum atomic E-state index is -0.527. The van der Waals surface area contributed by atoms with E-state index < -0.39 is 12.0 Å².